The number of nitrogens with one attached hydrogen (secondary N) is 2. The maximum atomic E-state index is 12.1. The maximum Gasteiger partial charge on any atom is 0.322 e. The molecule has 1 spiro atoms. The number of rotatable bonds is 0. The number of urea groups is 1. The molecule has 7 heteroatoms. The zero-order valence-electron chi connectivity index (χ0n) is 10.2. The summed E-state index contributed by atoms with van der Waals surface area (Å²) >= 11 is 0. The van der Waals surface area contributed by atoms with Gasteiger partial charge < -0.3 is 5.32 Å². The van der Waals surface area contributed by atoms with Gasteiger partial charge in [-0.2, -0.15) is 0 Å². The van der Waals surface area contributed by atoms with Gasteiger partial charge in [-0.15, -0.1) is 0 Å². The third kappa shape index (κ3) is 1.58. The van der Waals surface area contributed by atoms with Crippen molar-refractivity contribution in [1.82, 2.24) is 10.6 Å². The molecule has 100 valence electrons. The second-order valence-corrected chi connectivity index (χ2v) is 6.96. The number of hydrogen-bond acceptors (Lipinski definition) is 4. The van der Waals surface area contributed by atoms with Crippen molar-refractivity contribution < 1.29 is 18.0 Å². The summed E-state index contributed by atoms with van der Waals surface area (Å²) in [5.41, 5.74) is -0.0460. The van der Waals surface area contributed by atoms with E-state index in [1.165, 1.54) is 6.07 Å². The minimum Gasteiger partial charge on any atom is -0.319 e. The highest BCUT2D eigenvalue weighted by molar-refractivity contribution is 7.91. The molecule has 2 aliphatic rings. The first kappa shape index (κ1) is 12.2. The van der Waals surface area contributed by atoms with Crippen LogP contribution in [0.15, 0.2) is 23.1 Å². The van der Waals surface area contributed by atoms with E-state index >= 15 is 0 Å². The lowest BCUT2D eigenvalue weighted by atomic mass is 9.86. The van der Waals surface area contributed by atoms with Gasteiger partial charge in [0.05, 0.1) is 10.6 Å². The van der Waals surface area contributed by atoms with E-state index < -0.39 is 27.3 Å². The summed E-state index contributed by atoms with van der Waals surface area (Å²) < 4.78 is 24.1. The fraction of sp³-hybridized carbons (Fsp3) is 0.333. The van der Waals surface area contributed by atoms with Crippen molar-refractivity contribution in [1.29, 1.82) is 0 Å². The maximum absolute atomic E-state index is 12.1. The van der Waals surface area contributed by atoms with Gasteiger partial charge >= 0.3 is 6.03 Å². The lowest BCUT2D eigenvalue weighted by Gasteiger charge is -2.32. The van der Waals surface area contributed by atoms with Gasteiger partial charge in [-0.1, -0.05) is 17.7 Å². The molecule has 2 N–H and O–H groups in total. The first-order chi connectivity index (χ1) is 8.85. The Hall–Kier alpha value is -1.89. The van der Waals surface area contributed by atoms with Crippen LogP contribution in [0.1, 0.15) is 17.5 Å². The van der Waals surface area contributed by atoms with Crippen LogP contribution in [0.4, 0.5) is 4.79 Å². The molecule has 3 rings (SSSR count). The minimum absolute atomic E-state index is 0.0589. The third-order valence-corrected chi connectivity index (χ3v) is 5.39. The Bertz CT molecular complexity index is 710. The topological polar surface area (TPSA) is 92.3 Å². The van der Waals surface area contributed by atoms with Crippen LogP contribution in [0.25, 0.3) is 0 Å². The van der Waals surface area contributed by atoms with E-state index in [-0.39, 0.29) is 17.1 Å². The average Bonchev–Trinajstić information content (AvgIpc) is 2.61. The molecule has 2 aliphatic heterocycles. The first-order valence-electron chi connectivity index (χ1n) is 5.83. The summed E-state index contributed by atoms with van der Waals surface area (Å²) in [5.74, 6) is -0.643. The van der Waals surface area contributed by atoms with E-state index in [0.29, 0.717) is 5.56 Å². The number of hydrogen-bond donors (Lipinski definition) is 2. The molecule has 1 aromatic rings. The van der Waals surface area contributed by atoms with Crippen LogP contribution < -0.4 is 10.6 Å². The molecule has 0 aliphatic carbocycles. The van der Waals surface area contributed by atoms with Crippen molar-refractivity contribution in [3.63, 3.8) is 0 Å². The number of amides is 3. The van der Waals surface area contributed by atoms with Crippen LogP contribution in [-0.4, -0.2) is 26.1 Å². The summed E-state index contributed by atoms with van der Waals surface area (Å²) in [6, 6.07) is 4.25. The lowest BCUT2D eigenvalue weighted by Crippen LogP contribution is -2.48. The van der Waals surface area contributed by atoms with Gasteiger partial charge in [-0.05, 0) is 19.4 Å². The van der Waals surface area contributed by atoms with Crippen LogP contribution in [0.5, 0.6) is 0 Å². The van der Waals surface area contributed by atoms with Gasteiger partial charge in [0.25, 0.3) is 5.91 Å². The molecule has 1 unspecified atom stereocenters. The standard InChI is InChI=1S/C12H12N2O4S/c1-7-2-3-9-8(6-7)12(4-5-19(9,17)18)10(15)13-11(16)14-12/h2-3,6H,4-5H2,1H3,(H2,13,14,15,16). The Morgan fingerprint density at radius 2 is 2.00 bits per heavy atom. The molecule has 1 saturated heterocycles. The van der Waals surface area contributed by atoms with E-state index in [9.17, 15) is 18.0 Å². The first-order valence-corrected chi connectivity index (χ1v) is 7.48. The second kappa shape index (κ2) is 3.57. The molecule has 2 heterocycles. The van der Waals surface area contributed by atoms with Gasteiger partial charge in [0.1, 0.15) is 5.54 Å². The van der Waals surface area contributed by atoms with Crippen molar-refractivity contribution in [3.8, 4) is 0 Å². The molecule has 3 amide bonds. The number of sulfone groups is 1. The SMILES string of the molecule is Cc1ccc2c(c1)C1(CCS2(=O)=O)NC(=O)NC1=O. The Kier molecular flexibility index (Phi) is 2.28. The quantitative estimate of drug-likeness (QED) is 0.664. The summed E-state index contributed by atoms with van der Waals surface area (Å²) in [4.78, 5) is 23.6. The normalized spacial score (nSPS) is 27.8. The van der Waals surface area contributed by atoms with Gasteiger partial charge in [0.15, 0.2) is 9.84 Å². The van der Waals surface area contributed by atoms with E-state index in [1.807, 2.05) is 6.92 Å². The number of aryl methyl sites for hydroxylation is 1. The van der Waals surface area contributed by atoms with E-state index in [0.717, 1.165) is 5.56 Å². The minimum atomic E-state index is -3.39. The van der Waals surface area contributed by atoms with Gasteiger partial charge in [0.2, 0.25) is 0 Å². The molecular formula is C12H12N2O4S. The molecule has 0 aromatic heterocycles. The van der Waals surface area contributed by atoms with Crippen LogP contribution in [-0.2, 0) is 20.2 Å². The number of carbonyl (C=O) groups is 2. The van der Waals surface area contributed by atoms with E-state index in [4.69, 9.17) is 0 Å². The Morgan fingerprint density at radius 3 is 2.63 bits per heavy atom. The second-order valence-electron chi connectivity index (χ2n) is 4.88. The van der Waals surface area contributed by atoms with Crippen molar-refractivity contribution in [2.45, 2.75) is 23.8 Å². The zero-order valence-corrected chi connectivity index (χ0v) is 11.0. The van der Waals surface area contributed by atoms with Crippen LogP contribution in [0, 0.1) is 6.92 Å². The van der Waals surface area contributed by atoms with Crippen molar-refractivity contribution >= 4 is 21.8 Å². The Morgan fingerprint density at radius 1 is 1.26 bits per heavy atom. The van der Waals surface area contributed by atoms with Crippen LogP contribution in [0.2, 0.25) is 0 Å². The van der Waals surface area contributed by atoms with Gasteiger partial charge in [-0.3, -0.25) is 10.1 Å². The lowest BCUT2D eigenvalue weighted by molar-refractivity contribution is -0.124. The van der Waals surface area contributed by atoms with E-state index in [2.05, 4.69) is 10.6 Å². The fourth-order valence-electron chi connectivity index (χ4n) is 2.64. The number of benzene rings is 1. The predicted octanol–water partition coefficient (Wildman–Crippen LogP) is 0.207. The highest BCUT2D eigenvalue weighted by atomic mass is 32.2. The number of imide groups is 1. The molecule has 0 bridgehead atoms. The molecule has 0 radical (unpaired) electrons. The molecule has 1 aromatic carbocycles. The Labute approximate surface area is 110 Å². The smallest absolute Gasteiger partial charge is 0.319 e. The van der Waals surface area contributed by atoms with Crippen LogP contribution in [0.3, 0.4) is 0 Å². The zero-order chi connectivity index (χ0) is 13.8. The molecule has 0 saturated carbocycles. The summed E-state index contributed by atoms with van der Waals surface area (Å²) in [6.07, 6.45) is 0.0589. The molecule has 19 heavy (non-hydrogen) atoms. The highest BCUT2D eigenvalue weighted by Gasteiger charge is 2.52. The monoisotopic (exact) mass is 280 g/mol. The number of fused-ring (bicyclic) bond motifs is 2. The number of carbonyl (C=O) groups excluding carboxylic acids is 2. The van der Waals surface area contributed by atoms with Crippen molar-refractivity contribution in [3.05, 3.63) is 29.3 Å². The molecule has 1 atom stereocenters. The average molecular weight is 280 g/mol. The summed E-state index contributed by atoms with van der Waals surface area (Å²) in [5, 5.41) is 4.76. The Balaban J connectivity index is 2.31. The molecular weight excluding hydrogens is 268 g/mol. The summed E-state index contributed by atoms with van der Waals surface area (Å²) in [6.45, 7) is 1.81. The van der Waals surface area contributed by atoms with Crippen molar-refractivity contribution in [2.75, 3.05) is 5.75 Å². The predicted molar refractivity (Wildman–Crippen MR) is 66.2 cm³/mol. The highest BCUT2D eigenvalue weighted by Crippen LogP contribution is 2.39. The van der Waals surface area contributed by atoms with Gasteiger partial charge in [-0.25, -0.2) is 13.2 Å². The molecule has 1 fully saturated rings. The fourth-order valence-corrected chi connectivity index (χ4v) is 4.28. The summed E-state index contributed by atoms with van der Waals surface area (Å²) in [7, 11) is -3.39. The largest absolute Gasteiger partial charge is 0.322 e. The van der Waals surface area contributed by atoms with Crippen LogP contribution >= 0.6 is 0 Å². The third-order valence-electron chi connectivity index (χ3n) is 3.62. The van der Waals surface area contributed by atoms with Crippen molar-refractivity contribution in [2.24, 2.45) is 0 Å². The molecule has 6 nitrogen and oxygen atoms in total. The van der Waals surface area contributed by atoms with Gasteiger partial charge in [0, 0.05) is 5.56 Å². The van der Waals surface area contributed by atoms with E-state index in [1.54, 1.807) is 12.1 Å².